The minimum Gasteiger partial charge on any atom is -0.445 e. The van der Waals surface area contributed by atoms with Gasteiger partial charge in [0, 0.05) is 13.1 Å². The average Bonchev–Trinajstić information content (AvgIpc) is 3.06. The molecule has 0 heterocycles. The normalized spacial score (nSPS) is 12.0. The molecule has 46 heavy (non-hydrogen) atoms. The first-order valence-corrected chi connectivity index (χ1v) is 16.8. The summed E-state index contributed by atoms with van der Waals surface area (Å²) in [7, 11) is 0. The monoisotopic (exact) mass is 638 g/mol. The lowest BCUT2D eigenvalue weighted by atomic mass is 10.1. The van der Waals surface area contributed by atoms with E-state index < -0.39 is 24.3 Å². The number of rotatable bonds is 23. The van der Waals surface area contributed by atoms with Crippen LogP contribution in [0, 0.1) is 0 Å². The Hall–Kier alpha value is -4.08. The number of carbonyl (C=O) groups is 4. The summed E-state index contributed by atoms with van der Waals surface area (Å²) in [5, 5.41) is 10.9. The zero-order valence-electron chi connectivity index (χ0n) is 27.7. The third-order valence-corrected chi connectivity index (χ3v) is 7.58. The molecule has 2 aromatic carbocycles. The Balaban J connectivity index is 1.32. The fourth-order valence-corrected chi connectivity index (χ4v) is 4.76. The molecule has 0 saturated heterocycles. The summed E-state index contributed by atoms with van der Waals surface area (Å²) in [6, 6.07) is 17.5. The molecule has 2 rings (SSSR count). The molecule has 0 fully saturated rings. The molecule has 0 aliphatic rings. The molecule has 0 unspecified atom stereocenters. The number of ether oxygens (including phenoxy) is 2. The number of unbranched alkanes of at least 4 members (excludes halogenated alkanes) is 11. The van der Waals surface area contributed by atoms with Crippen molar-refractivity contribution in [3.8, 4) is 0 Å². The lowest BCUT2D eigenvalue weighted by molar-refractivity contribution is -0.123. The minimum absolute atomic E-state index is 0.168. The van der Waals surface area contributed by atoms with Crippen molar-refractivity contribution in [1.82, 2.24) is 21.3 Å². The van der Waals surface area contributed by atoms with E-state index in [9.17, 15) is 19.2 Å². The van der Waals surface area contributed by atoms with Gasteiger partial charge in [-0.05, 0) is 37.8 Å². The molecule has 10 heteroatoms. The predicted octanol–water partition coefficient (Wildman–Crippen LogP) is 6.53. The van der Waals surface area contributed by atoms with Crippen LogP contribution in [-0.4, -0.2) is 49.2 Å². The van der Waals surface area contributed by atoms with Crippen LogP contribution < -0.4 is 21.3 Å². The largest absolute Gasteiger partial charge is 0.445 e. The quantitative estimate of drug-likeness (QED) is 0.102. The molecular weight excluding hydrogens is 584 g/mol. The third-order valence-electron chi connectivity index (χ3n) is 7.58. The third kappa shape index (κ3) is 18.7. The van der Waals surface area contributed by atoms with Crippen LogP contribution in [0.5, 0.6) is 0 Å². The van der Waals surface area contributed by atoms with E-state index in [1.165, 1.54) is 38.5 Å². The van der Waals surface area contributed by atoms with Gasteiger partial charge in [0.25, 0.3) is 0 Å². The highest BCUT2D eigenvalue weighted by Crippen LogP contribution is 2.12. The van der Waals surface area contributed by atoms with Gasteiger partial charge in [0.15, 0.2) is 0 Å². The Kier molecular flexibility index (Phi) is 20.0. The molecule has 2 aromatic rings. The van der Waals surface area contributed by atoms with Gasteiger partial charge in [0.05, 0.1) is 0 Å². The van der Waals surface area contributed by atoms with E-state index in [0.29, 0.717) is 13.1 Å². The van der Waals surface area contributed by atoms with Crippen molar-refractivity contribution in [3.63, 3.8) is 0 Å². The van der Waals surface area contributed by atoms with Gasteiger partial charge in [-0.2, -0.15) is 0 Å². The SMILES string of the molecule is C[C@H](NC(=O)OCc1ccccc1)C(=O)NCCCCCCCCCCCCCCNC(=O)[C@H](C)NC(=O)OCc1ccccc1. The highest BCUT2D eigenvalue weighted by Gasteiger charge is 2.17. The van der Waals surface area contributed by atoms with Crippen LogP contribution in [0.2, 0.25) is 0 Å². The van der Waals surface area contributed by atoms with E-state index in [0.717, 1.165) is 49.7 Å². The smallest absolute Gasteiger partial charge is 0.408 e. The Bertz CT molecular complexity index is 1040. The zero-order chi connectivity index (χ0) is 33.2. The van der Waals surface area contributed by atoms with Crippen LogP contribution in [-0.2, 0) is 32.3 Å². The molecule has 0 aliphatic heterocycles. The van der Waals surface area contributed by atoms with Crippen LogP contribution in [0.15, 0.2) is 60.7 Å². The molecule has 0 aliphatic carbocycles. The van der Waals surface area contributed by atoms with Gasteiger partial charge in [-0.3, -0.25) is 9.59 Å². The van der Waals surface area contributed by atoms with Gasteiger partial charge in [0.1, 0.15) is 25.3 Å². The minimum atomic E-state index is -0.648. The van der Waals surface area contributed by atoms with Crippen molar-refractivity contribution < 1.29 is 28.7 Å². The molecule has 0 spiro atoms. The molecule has 0 aromatic heterocycles. The number of alkyl carbamates (subject to hydrolysis) is 2. The first-order valence-electron chi connectivity index (χ1n) is 16.8. The summed E-state index contributed by atoms with van der Waals surface area (Å²) in [5.74, 6) is -0.412. The van der Waals surface area contributed by atoms with Crippen molar-refractivity contribution in [1.29, 1.82) is 0 Å². The van der Waals surface area contributed by atoms with Gasteiger partial charge in [-0.1, -0.05) is 125 Å². The fourth-order valence-electron chi connectivity index (χ4n) is 4.76. The summed E-state index contributed by atoms with van der Waals surface area (Å²) >= 11 is 0. The number of carbonyl (C=O) groups excluding carboxylic acids is 4. The molecule has 254 valence electrons. The van der Waals surface area contributed by atoms with Crippen molar-refractivity contribution in [2.24, 2.45) is 0 Å². The average molecular weight is 639 g/mol. The maximum atomic E-state index is 12.2. The highest BCUT2D eigenvalue weighted by atomic mass is 16.6. The molecule has 4 N–H and O–H groups in total. The van der Waals surface area contributed by atoms with Crippen LogP contribution in [0.4, 0.5) is 9.59 Å². The van der Waals surface area contributed by atoms with Crippen LogP contribution in [0.1, 0.15) is 102 Å². The predicted molar refractivity (Wildman–Crippen MR) is 180 cm³/mol. The van der Waals surface area contributed by atoms with Crippen LogP contribution >= 0.6 is 0 Å². The maximum absolute atomic E-state index is 12.2. The lowest BCUT2D eigenvalue weighted by Crippen LogP contribution is -2.45. The highest BCUT2D eigenvalue weighted by molar-refractivity contribution is 5.85. The second-order valence-electron chi connectivity index (χ2n) is 11.7. The van der Waals surface area contributed by atoms with Gasteiger partial charge < -0.3 is 30.7 Å². The molecule has 2 atom stereocenters. The number of hydrogen-bond acceptors (Lipinski definition) is 6. The molecule has 10 nitrogen and oxygen atoms in total. The van der Waals surface area contributed by atoms with Crippen molar-refractivity contribution in [2.75, 3.05) is 13.1 Å². The van der Waals surface area contributed by atoms with E-state index in [1.807, 2.05) is 60.7 Å². The number of benzene rings is 2. The summed E-state index contributed by atoms with van der Waals surface area (Å²) in [6.07, 6.45) is 12.5. The maximum Gasteiger partial charge on any atom is 0.408 e. The first kappa shape index (κ1) is 38.1. The van der Waals surface area contributed by atoms with E-state index in [-0.39, 0.29) is 25.0 Å². The second-order valence-corrected chi connectivity index (χ2v) is 11.7. The van der Waals surface area contributed by atoms with Crippen molar-refractivity contribution in [2.45, 2.75) is 116 Å². The Morgan fingerprint density at radius 2 is 0.804 bits per heavy atom. The van der Waals surface area contributed by atoms with Crippen molar-refractivity contribution >= 4 is 24.0 Å². The number of nitrogens with one attached hydrogen (secondary N) is 4. The molecule has 0 saturated carbocycles. The van der Waals surface area contributed by atoms with Gasteiger partial charge in [-0.25, -0.2) is 9.59 Å². The van der Waals surface area contributed by atoms with Crippen LogP contribution in [0.3, 0.4) is 0 Å². The van der Waals surface area contributed by atoms with E-state index in [4.69, 9.17) is 9.47 Å². The number of amides is 4. The Labute approximate surface area is 274 Å². The lowest BCUT2D eigenvalue weighted by Gasteiger charge is -2.14. The molecule has 0 bridgehead atoms. The van der Waals surface area contributed by atoms with Gasteiger partial charge in [0.2, 0.25) is 11.8 Å². The summed E-state index contributed by atoms with van der Waals surface area (Å²) in [4.78, 5) is 48.2. The fraction of sp³-hybridized carbons (Fsp3) is 0.556. The molecular formula is C36H54N4O6. The van der Waals surface area contributed by atoms with Crippen LogP contribution in [0.25, 0.3) is 0 Å². The van der Waals surface area contributed by atoms with Gasteiger partial charge in [-0.15, -0.1) is 0 Å². The van der Waals surface area contributed by atoms with E-state index in [2.05, 4.69) is 21.3 Å². The standard InChI is InChI=1S/C36H54N4O6/c1-29(39-35(43)45-27-31-21-15-13-16-22-31)33(41)37-25-19-11-9-7-5-3-4-6-8-10-12-20-26-38-34(42)30(2)40-36(44)46-28-32-23-17-14-18-24-32/h13-18,21-24,29-30H,3-12,19-20,25-28H2,1-2H3,(H,37,41)(H,38,42)(H,39,43)(H,40,44)/t29-,30-/m0/s1. The number of hydrogen-bond donors (Lipinski definition) is 4. The van der Waals surface area contributed by atoms with Crippen molar-refractivity contribution in [3.05, 3.63) is 71.8 Å². The zero-order valence-corrected chi connectivity index (χ0v) is 27.7. The summed E-state index contributed by atoms with van der Waals surface area (Å²) in [5.41, 5.74) is 1.79. The molecule has 0 radical (unpaired) electrons. The topological polar surface area (TPSA) is 135 Å². The Morgan fingerprint density at radius 3 is 1.13 bits per heavy atom. The van der Waals surface area contributed by atoms with E-state index >= 15 is 0 Å². The first-order chi connectivity index (χ1) is 22.3. The van der Waals surface area contributed by atoms with E-state index in [1.54, 1.807) is 13.8 Å². The summed E-state index contributed by atoms with van der Waals surface area (Å²) in [6.45, 7) is 4.84. The van der Waals surface area contributed by atoms with Gasteiger partial charge >= 0.3 is 12.2 Å². The second kappa shape index (κ2) is 24.2. The molecule has 4 amide bonds. The summed E-state index contributed by atoms with van der Waals surface area (Å²) < 4.78 is 10.3. The Morgan fingerprint density at radius 1 is 0.500 bits per heavy atom.